The number of rotatable bonds is 2. The van der Waals surface area contributed by atoms with Gasteiger partial charge in [-0.3, -0.25) is 0 Å². The molecule has 0 spiro atoms. The van der Waals surface area contributed by atoms with Crippen molar-refractivity contribution in [1.82, 2.24) is 4.98 Å². The summed E-state index contributed by atoms with van der Waals surface area (Å²) in [5.74, 6) is 0.720. The molecule has 0 amide bonds. The fraction of sp³-hybridized carbons (Fsp3) is 0.250. The lowest BCUT2D eigenvalue weighted by atomic mass is 10.3. The van der Waals surface area contributed by atoms with Crippen molar-refractivity contribution in [2.75, 3.05) is 12.4 Å². The molecule has 0 radical (unpaired) electrons. The van der Waals surface area contributed by atoms with Gasteiger partial charge in [-0.1, -0.05) is 16.9 Å². The summed E-state index contributed by atoms with van der Waals surface area (Å²) in [6.45, 7) is 0.513. The zero-order valence-electron chi connectivity index (χ0n) is 8.16. The topological polar surface area (TPSA) is 94.6 Å². The quantitative estimate of drug-likeness (QED) is 0.816. The number of sulfonamides is 1. The molecule has 2 heterocycles. The first-order valence-corrected chi connectivity index (χ1v) is 6.93. The molecule has 2 rings (SSSR count). The zero-order chi connectivity index (χ0) is 11.6. The summed E-state index contributed by atoms with van der Waals surface area (Å²) < 4.78 is 22.6. The SMILES string of the molecule is NS(=O)(=O)c1ncccc1C1=NOCCS1. The Labute approximate surface area is 96.9 Å². The van der Waals surface area contributed by atoms with Gasteiger partial charge in [-0.2, -0.15) is 0 Å². The van der Waals surface area contributed by atoms with Crippen LogP contribution in [-0.4, -0.2) is 30.8 Å². The molecule has 0 aromatic carbocycles. The van der Waals surface area contributed by atoms with Crippen LogP contribution in [0, 0.1) is 0 Å². The summed E-state index contributed by atoms with van der Waals surface area (Å²) in [5.41, 5.74) is 0.384. The summed E-state index contributed by atoms with van der Waals surface area (Å²) in [7, 11) is -3.84. The highest BCUT2D eigenvalue weighted by Gasteiger charge is 2.21. The molecule has 6 nitrogen and oxygen atoms in total. The molecule has 0 aliphatic carbocycles. The molecule has 1 aliphatic rings. The van der Waals surface area contributed by atoms with E-state index in [1.807, 2.05) is 0 Å². The second kappa shape index (κ2) is 4.40. The molecule has 0 unspecified atom stereocenters. The number of hydrogen-bond acceptors (Lipinski definition) is 6. The molecule has 16 heavy (non-hydrogen) atoms. The van der Waals surface area contributed by atoms with E-state index in [9.17, 15) is 8.42 Å². The van der Waals surface area contributed by atoms with Crippen molar-refractivity contribution in [2.24, 2.45) is 10.3 Å². The normalized spacial score (nSPS) is 16.4. The first kappa shape index (κ1) is 11.4. The number of pyridine rings is 1. The maximum absolute atomic E-state index is 11.3. The minimum atomic E-state index is -3.84. The van der Waals surface area contributed by atoms with Crippen molar-refractivity contribution in [1.29, 1.82) is 0 Å². The first-order chi connectivity index (χ1) is 7.59. The van der Waals surface area contributed by atoms with Crippen molar-refractivity contribution in [3.8, 4) is 0 Å². The van der Waals surface area contributed by atoms with E-state index in [-0.39, 0.29) is 5.03 Å². The predicted octanol–water partition coefficient (Wildman–Crippen LogP) is 0.154. The van der Waals surface area contributed by atoms with Gasteiger partial charge in [0.1, 0.15) is 11.7 Å². The lowest BCUT2D eigenvalue weighted by Gasteiger charge is -2.12. The molecule has 86 valence electrons. The van der Waals surface area contributed by atoms with Crippen LogP contribution in [0.25, 0.3) is 0 Å². The van der Waals surface area contributed by atoms with E-state index < -0.39 is 10.0 Å². The Morgan fingerprint density at radius 2 is 2.31 bits per heavy atom. The molecule has 8 heteroatoms. The van der Waals surface area contributed by atoms with E-state index in [2.05, 4.69) is 10.1 Å². The lowest BCUT2D eigenvalue weighted by molar-refractivity contribution is 0.160. The van der Waals surface area contributed by atoms with Crippen molar-refractivity contribution >= 4 is 26.8 Å². The van der Waals surface area contributed by atoms with Crippen LogP contribution < -0.4 is 5.14 Å². The Balaban J connectivity index is 2.52. The molecular weight excluding hydrogens is 250 g/mol. The van der Waals surface area contributed by atoms with Crippen molar-refractivity contribution in [3.63, 3.8) is 0 Å². The fourth-order valence-corrected chi connectivity index (χ4v) is 2.73. The summed E-state index contributed by atoms with van der Waals surface area (Å²) in [4.78, 5) is 8.67. The van der Waals surface area contributed by atoms with Gasteiger partial charge in [0.25, 0.3) is 10.0 Å². The van der Waals surface area contributed by atoms with Crippen molar-refractivity contribution in [2.45, 2.75) is 5.03 Å². The van der Waals surface area contributed by atoms with E-state index in [1.165, 1.54) is 18.0 Å². The van der Waals surface area contributed by atoms with E-state index in [4.69, 9.17) is 9.98 Å². The smallest absolute Gasteiger partial charge is 0.256 e. The van der Waals surface area contributed by atoms with Gasteiger partial charge in [-0.25, -0.2) is 18.5 Å². The second-order valence-corrected chi connectivity index (χ2v) is 5.54. The maximum atomic E-state index is 11.3. The van der Waals surface area contributed by atoms with Crippen LogP contribution in [0.5, 0.6) is 0 Å². The van der Waals surface area contributed by atoms with E-state index in [0.717, 1.165) is 5.75 Å². The standard InChI is InChI=1S/C8H9N3O3S2/c9-16(12,13)8-6(2-1-3-10-8)7-11-14-4-5-15-7/h1-3H,4-5H2,(H2,9,12,13). The third kappa shape index (κ3) is 2.34. The Morgan fingerprint density at radius 1 is 1.50 bits per heavy atom. The van der Waals surface area contributed by atoms with E-state index in [1.54, 1.807) is 12.1 Å². The fourth-order valence-electron chi connectivity index (χ4n) is 1.21. The average molecular weight is 259 g/mol. The highest BCUT2D eigenvalue weighted by Crippen LogP contribution is 2.21. The average Bonchev–Trinajstić information content (AvgIpc) is 2.29. The molecule has 0 saturated heterocycles. The number of nitrogens with two attached hydrogens (primary N) is 1. The Kier molecular flexibility index (Phi) is 3.13. The number of thioether (sulfide) groups is 1. The lowest BCUT2D eigenvalue weighted by Crippen LogP contribution is -2.19. The summed E-state index contributed by atoms with van der Waals surface area (Å²) in [6.07, 6.45) is 1.37. The van der Waals surface area contributed by atoms with E-state index in [0.29, 0.717) is 17.2 Å². The van der Waals surface area contributed by atoms with Crippen LogP contribution in [0.1, 0.15) is 5.56 Å². The van der Waals surface area contributed by atoms with Gasteiger partial charge in [-0.15, -0.1) is 0 Å². The monoisotopic (exact) mass is 259 g/mol. The Bertz CT molecular complexity index is 527. The van der Waals surface area contributed by atoms with Crippen LogP contribution in [-0.2, 0) is 14.9 Å². The Morgan fingerprint density at radius 3 is 2.94 bits per heavy atom. The zero-order valence-corrected chi connectivity index (χ0v) is 9.79. The van der Waals surface area contributed by atoms with Crippen LogP contribution in [0.3, 0.4) is 0 Å². The highest BCUT2D eigenvalue weighted by molar-refractivity contribution is 8.14. The molecule has 0 atom stereocenters. The van der Waals surface area contributed by atoms with E-state index >= 15 is 0 Å². The number of oxime groups is 1. The number of primary sulfonamides is 1. The van der Waals surface area contributed by atoms with Crippen LogP contribution in [0.4, 0.5) is 0 Å². The molecule has 1 aromatic rings. The largest absolute Gasteiger partial charge is 0.394 e. The molecule has 1 aliphatic heterocycles. The number of nitrogens with zero attached hydrogens (tertiary/aromatic N) is 2. The van der Waals surface area contributed by atoms with Crippen molar-refractivity contribution < 1.29 is 13.3 Å². The van der Waals surface area contributed by atoms with Crippen LogP contribution in [0.15, 0.2) is 28.5 Å². The van der Waals surface area contributed by atoms with Gasteiger partial charge in [0.2, 0.25) is 0 Å². The molecule has 2 N–H and O–H groups in total. The third-order valence-electron chi connectivity index (χ3n) is 1.83. The first-order valence-electron chi connectivity index (χ1n) is 4.40. The molecule has 0 saturated carbocycles. The number of hydrogen-bond donors (Lipinski definition) is 1. The predicted molar refractivity (Wildman–Crippen MR) is 60.6 cm³/mol. The summed E-state index contributed by atoms with van der Waals surface area (Å²) >= 11 is 1.41. The summed E-state index contributed by atoms with van der Waals surface area (Å²) in [5, 5.41) is 9.18. The van der Waals surface area contributed by atoms with Gasteiger partial charge in [0, 0.05) is 17.5 Å². The minimum absolute atomic E-state index is 0.174. The highest BCUT2D eigenvalue weighted by atomic mass is 32.2. The van der Waals surface area contributed by atoms with Gasteiger partial charge in [0.15, 0.2) is 5.03 Å². The van der Waals surface area contributed by atoms with Crippen LogP contribution in [0.2, 0.25) is 0 Å². The van der Waals surface area contributed by atoms with Gasteiger partial charge in [-0.05, 0) is 12.1 Å². The number of aromatic nitrogens is 1. The van der Waals surface area contributed by atoms with Gasteiger partial charge >= 0.3 is 0 Å². The molecule has 0 fully saturated rings. The molecular formula is C8H9N3O3S2. The molecule has 0 bridgehead atoms. The molecule has 1 aromatic heterocycles. The van der Waals surface area contributed by atoms with Crippen LogP contribution >= 0.6 is 11.8 Å². The Hall–Kier alpha value is -1.12. The maximum Gasteiger partial charge on any atom is 0.256 e. The summed E-state index contributed by atoms with van der Waals surface area (Å²) in [6, 6.07) is 3.23. The third-order valence-corrected chi connectivity index (χ3v) is 3.63. The second-order valence-electron chi connectivity index (χ2n) is 2.98. The van der Waals surface area contributed by atoms with Crippen molar-refractivity contribution in [3.05, 3.63) is 23.9 Å². The van der Waals surface area contributed by atoms with Gasteiger partial charge in [0.05, 0.1) is 0 Å². The minimum Gasteiger partial charge on any atom is -0.394 e. The van der Waals surface area contributed by atoms with Gasteiger partial charge < -0.3 is 4.84 Å².